The second-order valence-corrected chi connectivity index (χ2v) is 7.47. The fraction of sp³-hybridized carbons (Fsp3) is 0.318. The first-order chi connectivity index (χ1) is 13.5. The lowest BCUT2D eigenvalue weighted by Crippen LogP contribution is -2.45. The van der Waals surface area contributed by atoms with Gasteiger partial charge in [0.15, 0.2) is 0 Å². The summed E-state index contributed by atoms with van der Waals surface area (Å²) in [7, 11) is 2.13. The fourth-order valence-corrected chi connectivity index (χ4v) is 3.46. The highest BCUT2D eigenvalue weighted by molar-refractivity contribution is 6.03. The lowest BCUT2D eigenvalue weighted by molar-refractivity contribution is 0.102. The zero-order chi connectivity index (χ0) is 19.7. The number of hydrogen-bond acceptors (Lipinski definition) is 5. The van der Waals surface area contributed by atoms with Crippen LogP contribution in [0, 0.1) is 13.8 Å². The molecule has 0 saturated carbocycles. The number of benzene rings is 1. The smallest absolute Gasteiger partial charge is 0.275 e. The predicted octanol–water partition coefficient (Wildman–Crippen LogP) is 3.25. The summed E-state index contributed by atoms with van der Waals surface area (Å²) in [6, 6.07) is 13.6. The van der Waals surface area contributed by atoms with E-state index < -0.39 is 0 Å². The van der Waals surface area contributed by atoms with E-state index in [-0.39, 0.29) is 5.91 Å². The number of amides is 1. The van der Waals surface area contributed by atoms with E-state index >= 15 is 0 Å². The monoisotopic (exact) mass is 375 g/mol. The minimum Gasteiger partial charge on any atom is -0.354 e. The molecule has 0 radical (unpaired) electrons. The van der Waals surface area contributed by atoms with Crippen molar-refractivity contribution in [1.29, 1.82) is 0 Å². The van der Waals surface area contributed by atoms with Gasteiger partial charge in [0, 0.05) is 31.6 Å². The Labute approximate surface area is 165 Å². The van der Waals surface area contributed by atoms with Crippen LogP contribution < -0.4 is 10.2 Å². The molecule has 1 N–H and O–H groups in total. The Balaban J connectivity index is 1.55. The van der Waals surface area contributed by atoms with Gasteiger partial charge in [-0.15, -0.1) is 0 Å². The summed E-state index contributed by atoms with van der Waals surface area (Å²) in [6.45, 7) is 7.97. The number of fused-ring (bicyclic) bond motifs is 1. The van der Waals surface area contributed by atoms with Crippen LogP contribution in [0.25, 0.3) is 10.9 Å². The van der Waals surface area contributed by atoms with Gasteiger partial charge >= 0.3 is 0 Å². The lowest BCUT2D eigenvalue weighted by atomic mass is 10.1. The molecule has 1 aliphatic rings. The van der Waals surface area contributed by atoms with Crippen LogP contribution in [-0.4, -0.2) is 54.0 Å². The third-order valence-electron chi connectivity index (χ3n) is 5.19. The Bertz CT molecular complexity index is 1020. The summed E-state index contributed by atoms with van der Waals surface area (Å²) < 4.78 is 0. The normalized spacial score (nSPS) is 15.0. The van der Waals surface area contributed by atoms with Gasteiger partial charge in [-0.1, -0.05) is 24.3 Å². The molecule has 0 bridgehead atoms. The number of rotatable bonds is 3. The van der Waals surface area contributed by atoms with Gasteiger partial charge in [-0.3, -0.25) is 4.79 Å². The molecule has 6 heteroatoms. The number of pyridine rings is 2. The second kappa shape index (κ2) is 7.56. The SMILES string of the molecule is Cc1ccc2ccc(C(=O)Nc3ccc(C)c(N4CCN(C)CC4)n3)nc2c1. The zero-order valence-electron chi connectivity index (χ0n) is 16.6. The summed E-state index contributed by atoms with van der Waals surface area (Å²) in [5, 5.41) is 3.92. The largest absolute Gasteiger partial charge is 0.354 e. The molecule has 0 unspecified atom stereocenters. The molecule has 144 valence electrons. The van der Waals surface area contributed by atoms with Gasteiger partial charge in [-0.25, -0.2) is 9.97 Å². The molecule has 0 aliphatic carbocycles. The van der Waals surface area contributed by atoms with Crippen molar-refractivity contribution in [2.24, 2.45) is 0 Å². The van der Waals surface area contributed by atoms with Crippen LogP contribution in [0.1, 0.15) is 21.6 Å². The van der Waals surface area contributed by atoms with E-state index in [2.05, 4.69) is 34.1 Å². The summed E-state index contributed by atoms with van der Waals surface area (Å²) >= 11 is 0. The minimum atomic E-state index is -0.246. The maximum atomic E-state index is 12.7. The number of aromatic nitrogens is 2. The summed E-state index contributed by atoms with van der Waals surface area (Å²) in [5.74, 6) is 1.24. The van der Waals surface area contributed by atoms with E-state index in [1.807, 2.05) is 43.3 Å². The van der Waals surface area contributed by atoms with Crippen LogP contribution in [0.3, 0.4) is 0 Å². The van der Waals surface area contributed by atoms with Crippen molar-refractivity contribution in [3.8, 4) is 0 Å². The summed E-state index contributed by atoms with van der Waals surface area (Å²) in [4.78, 5) is 26.5. The van der Waals surface area contributed by atoms with Crippen molar-refractivity contribution in [2.75, 3.05) is 43.4 Å². The van der Waals surface area contributed by atoms with Crippen LogP contribution in [0.4, 0.5) is 11.6 Å². The van der Waals surface area contributed by atoms with Gasteiger partial charge in [0.05, 0.1) is 5.52 Å². The molecular weight excluding hydrogens is 350 g/mol. The second-order valence-electron chi connectivity index (χ2n) is 7.47. The topological polar surface area (TPSA) is 61.4 Å². The standard InChI is InChI=1S/C22H25N5O/c1-15-4-6-17-7-8-18(23-19(17)14-15)22(28)25-20-9-5-16(2)21(24-20)27-12-10-26(3)11-13-27/h4-9,14H,10-13H2,1-3H3,(H,24,25,28). The summed E-state index contributed by atoms with van der Waals surface area (Å²) in [6.07, 6.45) is 0. The van der Waals surface area contributed by atoms with Crippen molar-refractivity contribution in [2.45, 2.75) is 13.8 Å². The maximum Gasteiger partial charge on any atom is 0.275 e. The third kappa shape index (κ3) is 3.82. The first-order valence-corrected chi connectivity index (χ1v) is 9.59. The van der Waals surface area contributed by atoms with Gasteiger partial charge in [0.25, 0.3) is 5.91 Å². The van der Waals surface area contributed by atoms with Gasteiger partial charge in [0.2, 0.25) is 0 Å². The number of carbonyl (C=O) groups is 1. The molecule has 3 aromatic rings. The predicted molar refractivity (Wildman–Crippen MR) is 113 cm³/mol. The van der Waals surface area contributed by atoms with Gasteiger partial charge in [0.1, 0.15) is 17.3 Å². The van der Waals surface area contributed by atoms with Gasteiger partial charge in [-0.2, -0.15) is 0 Å². The number of hydrogen-bond donors (Lipinski definition) is 1. The van der Waals surface area contributed by atoms with Crippen LogP contribution in [0.2, 0.25) is 0 Å². The average Bonchev–Trinajstić information content (AvgIpc) is 2.69. The van der Waals surface area contributed by atoms with E-state index in [4.69, 9.17) is 4.98 Å². The van der Waals surface area contributed by atoms with Crippen molar-refractivity contribution in [1.82, 2.24) is 14.9 Å². The number of likely N-dealkylation sites (N-methyl/N-ethyl adjacent to an activating group) is 1. The third-order valence-corrected chi connectivity index (χ3v) is 5.19. The molecule has 1 aromatic carbocycles. The highest BCUT2D eigenvalue weighted by atomic mass is 16.1. The van der Waals surface area contributed by atoms with Gasteiger partial charge in [-0.05, 0) is 50.2 Å². The van der Waals surface area contributed by atoms with Crippen molar-refractivity contribution in [3.05, 3.63) is 59.3 Å². The molecule has 2 aromatic heterocycles. The van der Waals surface area contributed by atoms with E-state index in [1.165, 1.54) is 0 Å². The first kappa shape index (κ1) is 18.4. The van der Waals surface area contributed by atoms with E-state index in [0.29, 0.717) is 11.5 Å². The molecule has 1 saturated heterocycles. The zero-order valence-corrected chi connectivity index (χ0v) is 16.6. The van der Waals surface area contributed by atoms with E-state index in [1.54, 1.807) is 6.07 Å². The highest BCUT2D eigenvalue weighted by Gasteiger charge is 2.18. The maximum absolute atomic E-state index is 12.7. The van der Waals surface area contributed by atoms with E-state index in [0.717, 1.165) is 54.0 Å². The van der Waals surface area contributed by atoms with Crippen LogP contribution in [0.15, 0.2) is 42.5 Å². The molecule has 6 nitrogen and oxygen atoms in total. The molecule has 28 heavy (non-hydrogen) atoms. The summed E-state index contributed by atoms with van der Waals surface area (Å²) in [5.41, 5.74) is 3.45. The number of nitrogens with one attached hydrogen (secondary N) is 1. The fourth-order valence-electron chi connectivity index (χ4n) is 3.46. The Morgan fingerprint density at radius 2 is 1.71 bits per heavy atom. The van der Waals surface area contributed by atoms with Crippen molar-refractivity contribution in [3.63, 3.8) is 0 Å². The number of anilines is 2. The molecule has 1 fully saturated rings. The van der Waals surface area contributed by atoms with Gasteiger partial charge < -0.3 is 15.1 Å². The number of nitrogens with zero attached hydrogens (tertiary/aromatic N) is 4. The number of aryl methyl sites for hydroxylation is 2. The van der Waals surface area contributed by atoms with E-state index in [9.17, 15) is 4.79 Å². The highest BCUT2D eigenvalue weighted by Crippen LogP contribution is 2.22. The first-order valence-electron chi connectivity index (χ1n) is 9.59. The Morgan fingerprint density at radius 3 is 2.50 bits per heavy atom. The molecule has 0 atom stereocenters. The average molecular weight is 375 g/mol. The number of piperazine rings is 1. The molecule has 4 rings (SSSR count). The van der Waals surface area contributed by atoms with Crippen LogP contribution >= 0.6 is 0 Å². The number of carbonyl (C=O) groups excluding carboxylic acids is 1. The quantitative estimate of drug-likeness (QED) is 0.761. The molecular formula is C22H25N5O. The van der Waals surface area contributed by atoms with Crippen molar-refractivity contribution >= 4 is 28.4 Å². The molecule has 3 heterocycles. The van der Waals surface area contributed by atoms with Crippen LogP contribution in [0.5, 0.6) is 0 Å². The Hall–Kier alpha value is -2.99. The lowest BCUT2D eigenvalue weighted by Gasteiger charge is -2.34. The molecule has 1 aliphatic heterocycles. The van der Waals surface area contributed by atoms with Crippen molar-refractivity contribution < 1.29 is 4.79 Å². The molecule has 1 amide bonds. The van der Waals surface area contributed by atoms with Crippen LogP contribution in [-0.2, 0) is 0 Å². The Kier molecular flexibility index (Phi) is 4.96. The minimum absolute atomic E-state index is 0.246. The molecule has 0 spiro atoms. The Morgan fingerprint density at radius 1 is 0.964 bits per heavy atom.